The highest BCUT2D eigenvalue weighted by atomic mass is 32.2. The third-order valence-electron chi connectivity index (χ3n) is 5.27. The molecule has 2 aromatic rings. The highest BCUT2D eigenvalue weighted by Crippen LogP contribution is 2.39. The number of carbonyl (C=O) groups is 2. The summed E-state index contributed by atoms with van der Waals surface area (Å²) in [6.45, 7) is 1.42. The summed E-state index contributed by atoms with van der Waals surface area (Å²) in [4.78, 5) is 27.5. The van der Waals surface area contributed by atoms with Gasteiger partial charge < -0.3 is 19.7 Å². The van der Waals surface area contributed by atoms with E-state index in [1.54, 1.807) is 29.2 Å². The van der Waals surface area contributed by atoms with E-state index in [1.165, 1.54) is 12.1 Å². The van der Waals surface area contributed by atoms with Crippen LogP contribution in [0.5, 0.6) is 11.5 Å². The van der Waals surface area contributed by atoms with E-state index in [9.17, 15) is 18.0 Å². The second-order valence-electron chi connectivity index (χ2n) is 7.35. The third-order valence-corrected chi connectivity index (χ3v) is 7.91. The van der Waals surface area contributed by atoms with Crippen molar-refractivity contribution in [1.82, 2.24) is 4.90 Å². The molecule has 3 aliphatic heterocycles. The van der Waals surface area contributed by atoms with Crippen molar-refractivity contribution in [3.05, 3.63) is 36.4 Å². The Hall–Kier alpha value is -2.92. The molecule has 3 heterocycles. The first-order chi connectivity index (χ1) is 14.9. The van der Waals surface area contributed by atoms with Gasteiger partial charge >= 0.3 is 0 Å². The first-order valence-corrected chi connectivity index (χ1v) is 12.1. The van der Waals surface area contributed by atoms with Crippen LogP contribution in [0, 0.1) is 0 Å². The van der Waals surface area contributed by atoms with Crippen LogP contribution in [0.4, 0.5) is 11.4 Å². The molecular formula is C20H19N3O6S2. The van der Waals surface area contributed by atoms with E-state index in [2.05, 4.69) is 10.0 Å². The summed E-state index contributed by atoms with van der Waals surface area (Å²) in [5, 5.41) is 1.83. The summed E-state index contributed by atoms with van der Waals surface area (Å²) >= 11 is 1.15. The Morgan fingerprint density at radius 2 is 1.87 bits per heavy atom. The molecule has 9 nitrogen and oxygen atoms in total. The van der Waals surface area contributed by atoms with Gasteiger partial charge in [0.1, 0.15) is 0 Å². The van der Waals surface area contributed by atoms with Crippen molar-refractivity contribution in [2.45, 2.75) is 27.9 Å². The molecule has 0 radical (unpaired) electrons. The van der Waals surface area contributed by atoms with Gasteiger partial charge in [0.05, 0.1) is 16.3 Å². The molecular weight excluding hydrogens is 442 g/mol. The topological polar surface area (TPSA) is 114 Å². The van der Waals surface area contributed by atoms with Gasteiger partial charge in [-0.2, -0.15) is 0 Å². The van der Waals surface area contributed by atoms with Crippen molar-refractivity contribution in [2.75, 3.05) is 29.9 Å². The van der Waals surface area contributed by atoms with Crippen LogP contribution in [0.25, 0.3) is 0 Å². The van der Waals surface area contributed by atoms with E-state index >= 15 is 0 Å². The zero-order valence-corrected chi connectivity index (χ0v) is 17.9. The van der Waals surface area contributed by atoms with Gasteiger partial charge in [-0.1, -0.05) is 0 Å². The smallest absolute Gasteiger partial charge is 0.261 e. The van der Waals surface area contributed by atoms with Crippen LogP contribution in [-0.4, -0.2) is 50.3 Å². The molecule has 3 aliphatic rings. The fraction of sp³-hybridized carbons (Fsp3) is 0.300. The van der Waals surface area contributed by atoms with Crippen LogP contribution in [0.2, 0.25) is 0 Å². The molecule has 1 fully saturated rings. The zero-order valence-electron chi connectivity index (χ0n) is 16.3. The van der Waals surface area contributed by atoms with Crippen molar-refractivity contribution >= 4 is 45.0 Å². The molecule has 0 spiro atoms. The van der Waals surface area contributed by atoms with Gasteiger partial charge in [0.15, 0.2) is 16.7 Å². The lowest BCUT2D eigenvalue weighted by molar-refractivity contribution is -0.133. The van der Waals surface area contributed by atoms with Gasteiger partial charge in [-0.3, -0.25) is 14.3 Å². The van der Waals surface area contributed by atoms with Crippen molar-refractivity contribution in [3.63, 3.8) is 0 Å². The standard InChI is InChI=1S/C20H19N3O6S2/c24-19-18(20(25)23-7-1-2-8-23)30-17-6-4-13(10-14(17)21-19)31(26,27)22-12-3-5-15-16(9-12)29-11-28-15/h3-6,9-10,18,22H,1-2,7-8,11H2,(H,21,24)/t18-/m0/s1. The van der Waals surface area contributed by atoms with E-state index < -0.39 is 21.2 Å². The predicted molar refractivity (Wildman–Crippen MR) is 114 cm³/mol. The number of amides is 2. The summed E-state index contributed by atoms with van der Waals surface area (Å²) in [7, 11) is -3.91. The highest BCUT2D eigenvalue weighted by molar-refractivity contribution is 8.01. The number of ether oxygens (including phenoxy) is 2. The monoisotopic (exact) mass is 461 g/mol. The lowest BCUT2D eigenvalue weighted by Gasteiger charge is -2.27. The molecule has 5 rings (SSSR count). The Morgan fingerprint density at radius 3 is 2.68 bits per heavy atom. The molecule has 0 aromatic heterocycles. The van der Waals surface area contributed by atoms with Crippen molar-refractivity contribution in [3.8, 4) is 11.5 Å². The molecule has 2 N–H and O–H groups in total. The number of nitrogens with one attached hydrogen (secondary N) is 2. The Balaban J connectivity index is 1.36. The Kier molecular flexibility index (Phi) is 4.94. The molecule has 0 saturated carbocycles. The molecule has 31 heavy (non-hydrogen) atoms. The second kappa shape index (κ2) is 7.65. The number of hydrogen-bond donors (Lipinski definition) is 2. The number of likely N-dealkylation sites (tertiary alicyclic amines) is 1. The quantitative estimate of drug-likeness (QED) is 0.671. The van der Waals surface area contributed by atoms with Gasteiger partial charge in [0, 0.05) is 24.1 Å². The van der Waals surface area contributed by atoms with Crippen LogP contribution in [0.3, 0.4) is 0 Å². The average Bonchev–Trinajstić information content (AvgIpc) is 3.43. The third kappa shape index (κ3) is 3.79. The van der Waals surface area contributed by atoms with E-state index in [0.29, 0.717) is 40.9 Å². The predicted octanol–water partition coefficient (Wildman–Crippen LogP) is 2.25. The fourth-order valence-corrected chi connectivity index (χ4v) is 5.82. The zero-order chi connectivity index (χ0) is 21.6. The Bertz CT molecular complexity index is 1180. The SMILES string of the molecule is O=C1Nc2cc(S(=O)(=O)Nc3ccc4c(c3)OCO4)ccc2S[C@@H]1C(=O)N1CCCC1. The van der Waals surface area contributed by atoms with Crippen LogP contribution in [0.15, 0.2) is 46.2 Å². The Morgan fingerprint density at radius 1 is 1.10 bits per heavy atom. The molecule has 1 atom stereocenters. The first kappa shape index (κ1) is 20.0. The maximum absolute atomic E-state index is 12.9. The molecule has 162 valence electrons. The lowest BCUT2D eigenvalue weighted by Crippen LogP contribution is -2.43. The first-order valence-electron chi connectivity index (χ1n) is 9.73. The minimum atomic E-state index is -3.91. The second-order valence-corrected chi connectivity index (χ2v) is 10.2. The van der Waals surface area contributed by atoms with Crippen LogP contribution >= 0.6 is 11.8 Å². The molecule has 2 aromatic carbocycles. The largest absolute Gasteiger partial charge is 0.454 e. The maximum Gasteiger partial charge on any atom is 0.261 e. The number of rotatable bonds is 4. The molecule has 11 heteroatoms. The normalized spacial score (nSPS) is 19.7. The van der Waals surface area contributed by atoms with E-state index in [0.717, 1.165) is 24.6 Å². The number of anilines is 2. The van der Waals surface area contributed by atoms with Gasteiger partial charge in [0.2, 0.25) is 18.6 Å². The number of thioether (sulfide) groups is 1. The van der Waals surface area contributed by atoms with E-state index in [-0.39, 0.29) is 17.6 Å². The lowest BCUT2D eigenvalue weighted by atomic mass is 10.2. The fourth-order valence-electron chi connectivity index (χ4n) is 3.70. The number of benzene rings is 2. The summed E-state index contributed by atoms with van der Waals surface area (Å²) in [6, 6.07) is 9.21. The summed E-state index contributed by atoms with van der Waals surface area (Å²) in [5.74, 6) is 0.372. The van der Waals surface area contributed by atoms with Gasteiger partial charge in [-0.25, -0.2) is 8.42 Å². The molecule has 0 bridgehead atoms. The summed E-state index contributed by atoms with van der Waals surface area (Å²) in [6.07, 6.45) is 1.89. The Labute approximate surface area is 183 Å². The average molecular weight is 462 g/mol. The molecule has 0 aliphatic carbocycles. The van der Waals surface area contributed by atoms with Gasteiger partial charge in [-0.15, -0.1) is 11.8 Å². The number of fused-ring (bicyclic) bond motifs is 2. The summed E-state index contributed by atoms with van der Waals surface area (Å²) < 4.78 is 38.7. The van der Waals surface area contributed by atoms with Crippen molar-refractivity contribution in [2.24, 2.45) is 0 Å². The van der Waals surface area contributed by atoms with Crippen LogP contribution in [-0.2, 0) is 19.6 Å². The highest BCUT2D eigenvalue weighted by Gasteiger charge is 2.37. The number of sulfonamides is 1. The number of carbonyl (C=O) groups excluding carboxylic acids is 2. The molecule has 0 unspecified atom stereocenters. The number of nitrogens with zero attached hydrogens (tertiary/aromatic N) is 1. The van der Waals surface area contributed by atoms with Crippen LogP contribution in [0.1, 0.15) is 12.8 Å². The van der Waals surface area contributed by atoms with Gasteiger partial charge in [-0.05, 0) is 43.2 Å². The minimum absolute atomic E-state index is 0.00543. The molecule has 1 saturated heterocycles. The van der Waals surface area contributed by atoms with E-state index in [4.69, 9.17) is 9.47 Å². The summed E-state index contributed by atoms with van der Waals surface area (Å²) in [5.41, 5.74) is 0.700. The van der Waals surface area contributed by atoms with E-state index in [1.807, 2.05) is 0 Å². The van der Waals surface area contributed by atoms with Crippen LogP contribution < -0.4 is 19.5 Å². The molecule has 2 amide bonds. The van der Waals surface area contributed by atoms with Crippen molar-refractivity contribution in [1.29, 1.82) is 0 Å². The minimum Gasteiger partial charge on any atom is -0.454 e. The van der Waals surface area contributed by atoms with Gasteiger partial charge in [0.25, 0.3) is 10.0 Å². The maximum atomic E-state index is 12.9. The number of hydrogen-bond acceptors (Lipinski definition) is 7. The van der Waals surface area contributed by atoms with Crippen molar-refractivity contribution < 1.29 is 27.5 Å².